The smallest absolute Gasteiger partial charge is 0.319 e. The summed E-state index contributed by atoms with van der Waals surface area (Å²) in [5, 5.41) is 7.41. The molecule has 0 aromatic carbocycles. The number of anilines is 1. The molecule has 0 aliphatic heterocycles. The van der Waals surface area contributed by atoms with Crippen LogP contribution in [-0.2, 0) is 6.54 Å². The molecule has 1 aromatic heterocycles. The van der Waals surface area contributed by atoms with E-state index in [0.29, 0.717) is 6.54 Å². The highest BCUT2D eigenvalue weighted by molar-refractivity contribution is 7.10. The van der Waals surface area contributed by atoms with Gasteiger partial charge >= 0.3 is 6.03 Å². The third-order valence-corrected chi connectivity index (χ3v) is 2.54. The van der Waals surface area contributed by atoms with Crippen LogP contribution in [0.3, 0.4) is 0 Å². The molecular formula is C9H15N3OS. The van der Waals surface area contributed by atoms with Gasteiger partial charge in [0.15, 0.2) is 0 Å². The van der Waals surface area contributed by atoms with Gasteiger partial charge < -0.3 is 16.4 Å². The zero-order valence-corrected chi connectivity index (χ0v) is 9.15. The van der Waals surface area contributed by atoms with E-state index in [4.69, 9.17) is 5.73 Å². The summed E-state index contributed by atoms with van der Waals surface area (Å²) >= 11 is 1.54. The minimum absolute atomic E-state index is 0.134. The van der Waals surface area contributed by atoms with Crippen LogP contribution in [0.25, 0.3) is 0 Å². The number of urea groups is 1. The molecule has 0 unspecified atom stereocenters. The summed E-state index contributed by atoms with van der Waals surface area (Å²) < 4.78 is 0. The molecule has 1 rings (SSSR count). The van der Waals surface area contributed by atoms with Gasteiger partial charge in [-0.05, 0) is 25.3 Å². The van der Waals surface area contributed by atoms with Crippen LogP contribution < -0.4 is 16.4 Å². The van der Waals surface area contributed by atoms with Crippen molar-refractivity contribution in [3.05, 3.63) is 16.3 Å². The number of nitrogens with two attached hydrogens (primary N) is 1. The lowest BCUT2D eigenvalue weighted by Crippen LogP contribution is -2.34. The summed E-state index contributed by atoms with van der Waals surface area (Å²) in [6.45, 7) is 4.28. The fourth-order valence-corrected chi connectivity index (χ4v) is 1.74. The maximum absolute atomic E-state index is 11.3. The molecule has 5 heteroatoms. The first-order chi connectivity index (χ1) is 6.63. The monoisotopic (exact) mass is 213 g/mol. The van der Waals surface area contributed by atoms with Gasteiger partial charge in [0.1, 0.15) is 0 Å². The van der Waals surface area contributed by atoms with Crippen LogP contribution in [0.2, 0.25) is 0 Å². The van der Waals surface area contributed by atoms with Crippen molar-refractivity contribution in [1.29, 1.82) is 0 Å². The molecule has 0 spiro atoms. The summed E-state index contributed by atoms with van der Waals surface area (Å²) in [6, 6.07) is 1.80. The zero-order chi connectivity index (χ0) is 10.6. The van der Waals surface area contributed by atoms with Gasteiger partial charge in [0.05, 0.1) is 5.69 Å². The van der Waals surface area contributed by atoms with E-state index in [1.165, 1.54) is 0 Å². The van der Waals surface area contributed by atoms with Gasteiger partial charge in [-0.15, -0.1) is 11.3 Å². The number of nitrogens with one attached hydrogen (secondary N) is 2. The highest BCUT2D eigenvalue weighted by Crippen LogP contribution is 2.21. The summed E-state index contributed by atoms with van der Waals surface area (Å²) in [6.07, 6.45) is 0. The average molecular weight is 213 g/mol. The largest absolute Gasteiger partial charge is 0.336 e. The molecule has 0 aliphatic rings. The number of hydrogen-bond acceptors (Lipinski definition) is 3. The standard InChI is InChI=1S/C9H15N3OS/c1-6(2)11-9(13)12-7-3-4-14-8(7)5-10/h3-4,6H,5,10H2,1-2H3,(H2,11,12,13). The maximum atomic E-state index is 11.3. The van der Waals surface area contributed by atoms with Gasteiger partial charge in [0.2, 0.25) is 0 Å². The summed E-state index contributed by atoms with van der Waals surface area (Å²) in [5.41, 5.74) is 6.31. The molecule has 1 aromatic rings. The highest BCUT2D eigenvalue weighted by atomic mass is 32.1. The molecular weight excluding hydrogens is 198 g/mol. The van der Waals surface area contributed by atoms with Crippen LogP contribution >= 0.6 is 11.3 Å². The molecule has 0 bridgehead atoms. The van der Waals surface area contributed by atoms with Crippen LogP contribution in [0.1, 0.15) is 18.7 Å². The Morgan fingerprint density at radius 3 is 2.93 bits per heavy atom. The van der Waals surface area contributed by atoms with Gasteiger partial charge in [0.25, 0.3) is 0 Å². The SMILES string of the molecule is CC(C)NC(=O)Nc1ccsc1CN. The van der Waals surface area contributed by atoms with E-state index in [1.807, 2.05) is 25.3 Å². The lowest BCUT2D eigenvalue weighted by molar-refractivity contribution is 0.250. The predicted molar refractivity (Wildman–Crippen MR) is 59.5 cm³/mol. The van der Waals surface area contributed by atoms with Gasteiger partial charge in [-0.3, -0.25) is 0 Å². The molecule has 4 N–H and O–H groups in total. The first-order valence-corrected chi connectivity index (χ1v) is 5.35. The number of rotatable bonds is 3. The lowest BCUT2D eigenvalue weighted by Gasteiger charge is -2.09. The van der Waals surface area contributed by atoms with Crippen LogP contribution in [-0.4, -0.2) is 12.1 Å². The number of carbonyl (C=O) groups is 1. The Morgan fingerprint density at radius 1 is 1.64 bits per heavy atom. The fourth-order valence-electron chi connectivity index (χ4n) is 1.03. The second-order valence-corrected chi connectivity index (χ2v) is 4.22. The summed E-state index contributed by atoms with van der Waals surface area (Å²) in [7, 11) is 0. The second-order valence-electron chi connectivity index (χ2n) is 3.21. The van der Waals surface area contributed by atoms with Crippen LogP contribution in [0.4, 0.5) is 10.5 Å². The van der Waals surface area contributed by atoms with Crippen LogP contribution in [0, 0.1) is 0 Å². The predicted octanol–water partition coefficient (Wildman–Crippen LogP) is 1.74. The molecule has 0 saturated carbocycles. The van der Waals surface area contributed by atoms with E-state index in [9.17, 15) is 4.79 Å². The Balaban J connectivity index is 2.55. The molecule has 0 saturated heterocycles. The maximum Gasteiger partial charge on any atom is 0.319 e. The molecule has 0 aliphatic carbocycles. The molecule has 14 heavy (non-hydrogen) atoms. The van der Waals surface area contributed by atoms with Gasteiger partial charge in [-0.2, -0.15) is 0 Å². The van der Waals surface area contributed by atoms with Gasteiger partial charge in [-0.1, -0.05) is 0 Å². The van der Waals surface area contributed by atoms with Crippen molar-refractivity contribution in [2.45, 2.75) is 26.4 Å². The van der Waals surface area contributed by atoms with E-state index < -0.39 is 0 Å². The molecule has 0 radical (unpaired) electrons. The van der Waals surface area contributed by atoms with Crippen LogP contribution in [0.5, 0.6) is 0 Å². The highest BCUT2D eigenvalue weighted by Gasteiger charge is 2.07. The van der Waals surface area contributed by atoms with Crippen molar-refractivity contribution in [1.82, 2.24) is 5.32 Å². The normalized spacial score (nSPS) is 10.3. The third-order valence-electron chi connectivity index (χ3n) is 1.60. The zero-order valence-electron chi connectivity index (χ0n) is 8.33. The van der Waals surface area contributed by atoms with E-state index in [1.54, 1.807) is 11.3 Å². The second kappa shape index (κ2) is 4.97. The van der Waals surface area contributed by atoms with Crippen molar-refractivity contribution in [2.24, 2.45) is 5.73 Å². The Bertz CT molecular complexity index is 309. The first-order valence-electron chi connectivity index (χ1n) is 4.47. The number of carbonyl (C=O) groups excluding carboxylic acids is 1. The van der Waals surface area contributed by atoms with E-state index in [0.717, 1.165) is 10.6 Å². The molecule has 4 nitrogen and oxygen atoms in total. The fraction of sp³-hybridized carbons (Fsp3) is 0.444. The minimum atomic E-state index is -0.187. The molecule has 2 amide bonds. The molecule has 78 valence electrons. The van der Waals surface area contributed by atoms with Crippen molar-refractivity contribution < 1.29 is 4.79 Å². The van der Waals surface area contributed by atoms with E-state index in [2.05, 4.69) is 10.6 Å². The van der Waals surface area contributed by atoms with Gasteiger partial charge in [-0.25, -0.2) is 4.79 Å². The number of hydrogen-bond donors (Lipinski definition) is 3. The van der Waals surface area contributed by atoms with Crippen molar-refractivity contribution in [2.75, 3.05) is 5.32 Å². The Kier molecular flexibility index (Phi) is 3.91. The Labute approximate surface area is 87.5 Å². The first kappa shape index (κ1) is 11.0. The van der Waals surface area contributed by atoms with E-state index >= 15 is 0 Å². The quantitative estimate of drug-likeness (QED) is 0.716. The molecule has 0 fully saturated rings. The summed E-state index contributed by atoms with van der Waals surface area (Å²) in [5.74, 6) is 0. The Morgan fingerprint density at radius 2 is 2.36 bits per heavy atom. The van der Waals surface area contributed by atoms with E-state index in [-0.39, 0.29) is 12.1 Å². The minimum Gasteiger partial charge on any atom is -0.336 e. The third kappa shape index (κ3) is 3.01. The van der Waals surface area contributed by atoms with Crippen molar-refractivity contribution in [3.8, 4) is 0 Å². The topological polar surface area (TPSA) is 67.2 Å². The Hall–Kier alpha value is -1.07. The van der Waals surface area contributed by atoms with Crippen molar-refractivity contribution in [3.63, 3.8) is 0 Å². The summed E-state index contributed by atoms with van der Waals surface area (Å²) in [4.78, 5) is 12.3. The molecule has 0 atom stereocenters. The van der Waals surface area contributed by atoms with Gasteiger partial charge in [0, 0.05) is 17.5 Å². The average Bonchev–Trinajstić information content (AvgIpc) is 2.50. The molecule has 1 heterocycles. The van der Waals surface area contributed by atoms with Crippen LogP contribution in [0.15, 0.2) is 11.4 Å². The number of thiophene rings is 1. The number of amides is 2. The van der Waals surface area contributed by atoms with Crippen molar-refractivity contribution >= 4 is 23.1 Å². The lowest BCUT2D eigenvalue weighted by atomic mass is 10.4.